The SMILES string of the molecule is C=CC(=O)C(OCC(CO)(CO)CO)C(CO)(C(O)(C(=O)C=C)C(=O)C=C)C(O)(C(=O)C=C)C(=O)C=C.O=P(O)(O)O. The van der Waals surface area contributed by atoms with Crippen molar-refractivity contribution in [1.29, 1.82) is 0 Å². The Bertz CT molecular complexity index is 1020. The molecule has 0 rings (SSSR count). The van der Waals surface area contributed by atoms with Crippen LogP contribution in [0.3, 0.4) is 0 Å². The van der Waals surface area contributed by atoms with Crippen molar-refractivity contribution in [3.63, 3.8) is 0 Å². The molecule has 0 aromatic heterocycles. The van der Waals surface area contributed by atoms with Gasteiger partial charge in [-0.1, -0.05) is 32.9 Å². The van der Waals surface area contributed by atoms with E-state index in [0.717, 1.165) is 0 Å². The molecule has 0 heterocycles. The first-order chi connectivity index (χ1) is 19.2. The van der Waals surface area contributed by atoms with Crippen LogP contribution in [0.1, 0.15) is 0 Å². The van der Waals surface area contributed by atoms with E-state index in [1.807, 2.05) is 0 Å². The van der Waals surface area contributed by atoms with Crippen molar-refractivity contribution in [2.45, 2.75) is 17.3 Å². The molecular formula is C25H35O16P. The molecule has 1 unspecified atom stereocenters. The summed E-state index contributed by atoms with van der Waals surface area (Å²) in [4.78, 5) is 86.9. The van der Waals surface area contributed by atoms with Crippen molar-refractivity contribution >= 4 is 36.7 Å². The number of phosphoric acid groups is 1. The summed E-state index contributed by atoms with van der Waals surface area (Å²) in [6.07, 6.45) is -0.720. The molecule has 0 amide bonds. The maximum atomic E-state index is 13.1. The molecule has 0 spiro atoms. The molecule has 0 fully saturated rings. The van der Waals surface area contributed by atoms with Crippen LogP contribution in [0.4, 0.5) is 0 Å². The van der Waals surface area contributed by atoms with E-state index in [2.05, 4.69) is 32.9 Å². The lowest BCUT2D eigenvalue weighted by molar-refractivity contribution is -0.238. The van der Waals surface area contributed by atoms with Crippen LogP contribution in [0.2, 0.25) is 0 Å². The van der Waals surface area contributed by atoms with Crippen molar-refractivity contribution < 1.29 is 78.6 Å². The Hall–Kier alpha value is -3.12. The monoisotopic (exact) mass is 622 g/mol. The largest absolute Gasteiger partial charge is 0.466 e. The number of carbonyl (C=O) groups excluding carboxylic acids is 5. The van der Waals surface area contributed by atoms with E-state index in [1.54, 1.807) is 0 Å². The Morgan fingerprint density at radius 3 is 1.12 bits per heavy atom. The molecule has 0 aliphatic rings. The molecule has 42 heavy (non-hydrogen) atoms. The molecule has 9 N–H and O–H groups in total. The van der Waals surface area contributed by atoms with Gasteiger partial charge in [-0.05, 0) is 30.4 Å². The minimum absolute atomic E-state index is 0.359. The number of aliphatic hydroxyl groups is 6. The predicted octanol–water partition coefficient (Wildman–Crippen LogP) is -3.38. The summed E-state index contributed by atoms with van der Waals surface area (Å²) < 4.78 is 14.3. The third kappa shape index (κ3) is 8.03. The molecule has 16 nitrogen and oxygen atoms in total. The fourth-order valence-corrected chi connectivity index (χ4v) is 3.79. The standard InChI is InChI=1S/C25H32O12.H3O4P/c1-6-16(30)21(37-15-22(11-26,12-27)13-28)23(14-29,24(35,17(31)7-2)18(32)8-3)25(36,19(33)9-4)20(34)10-5;1-5(2,3)4/h6-10,21,26-29,35-36H,1-5,11-15H2;(H3,1,2,3,4). The topological polar surface area (TPSA) is 294 Å². The van der Waals surface area contributed by atoms with Crippen molar-refractivity contribution in [1.82, 2.24) is 0 Å². The smallest absolute Gasteiger partial charge is 0.396 e. The van der Waals surface area contributed by atoms with Gasteiger partial charge < -0.3 is 50.1 Å². The number of hydrogen-bond acceptors (Lipinski definition) is 13. The molecule has 0 saturated heterocycles. The van der Waals surface area contributed by atoms with Crippen LogP contribution in [-0.4, -0.2) is 125 Å². The normalized spacial score (nSPS) is 13.0. The second kappa shape index (κ2) is 16.5. The maximum absolute atomic E-state index is 13.1. The number of ether oxygens (including phenoxy) is 1. The first-order valence-electron chi connectivity index (χ1n) is 11.4. The van der Waals surface area contributed by atoms with Crippen molar-refractivity contribution in [3.05, 3.63) is 63.3 Å². The molecule has 0 aromatic carbocycles. The van der Waals surface area contributed by atoms with E-state index in [-0.39, 0.29) is 0 Å². The molecule has 0 bridgehead atoms. The van der Waals surface area contributed by atoms with E-state index in [1.165, 1.54) is 0 Å². The Balaban J connectivity index is 0. The summed E-state index contributed by atoms with van der Waals surface area (Å²) in [6.45, 7) is 10.1. The number of hydrogen-bond donors (Lipinski definition) is 9. The summed E-state index contributed by atoms with van der Waals surface area (Å²) in [5.74, 6) is -8.16. The first-order valence-corrected chi connectivity index (χ1v) is 12.9. The molecular weight excluding hydrogens is 587 g/mol. The Morgan fingerprint density at radius 2 is 0.929 bits per heavy atom. The van der Waals surface area contributed by atoms with Gasteiger partial charge in [-0.2, -0.15) is 0 Å². The lowest BCUT2D eigenvalue weighted by Gasteiger charge is -2.53. The predicted molar refractivity (Wildman–Crippen MR) is 143 cm³/mol. The minimum atomic E-state index is -4.64. The summed E-state index contributed by atoms with van der Waals surface area (Å²) in [6, 6.07) is 0. The van der Waals surface area contributed by atoms with Gasteiger partial charge in [0, 0.05) is 0 Å². The fourth-order valence-electron chi connectivity index (χ4n) is 3.79. The van der Waals surface area contributed by atoms with Crippen LogP contribution in [0.15, 0.2) is 63.3 Å². The summed E-state index contributed by atoms with van der Waals surface area (Å²) in [7, 11) is -4.64. The fraction of sp³-hybridized carbons (Fsp3) is 0.400. The van der Waals surface area contributed by atoms with E-state index in [9.17, 15) is 54.6 Å². The average Bonchev–Trinajstić information content (AvgIpc) is 2.97. The molecule has 1 atom stereocenters. The Kier molecular flexibility index (Phi) is 16.1. The Labute approximate surface area is 240 Å². The van der Waals surface area contributed by atoms with E-state index < -0.39 is 97.9 Å². The van der Waals surface area contributed by atoms with E-state index in [0.29, 0.717) is 30.4 Å². The van der Waals surface area contributed by atoms with E-state index in [4.69, 9.17) is 24.0 Å². The van der Waals surface area contributed by atoms with Crippen LogP contribution in [-0.2, 0) is 33.3 Å². The second-order valence-electron chi connectivity index (χ2n) is 8.61. The van der Waals surface area contributed by atoms with Crippen LogP contribution < -0.4 is 0 Å². The summed E-state index contributed by atoms with van der Waals surface area (Å²) in [5.41, 5.74) is -13.2. The van der Waals surface area contributed by atoms with Gasteiger partial charge in [-0.25, -0.2) is 4.57 Å². The van der Waals surface area contributed by atoms with Crippen molar-refractivity contribution in [2.24, 2.45) is 10.8 Å². The minimum Gasteiger partial charge on any atom is -0.396 e. The lowest BCUT2D eigenvalue weighted by Crippen LogP contribution is -2.79. The Morgan fingerprint density at radius 1 is 0.643 bits per heavy atom. The summed E-state index contributed by atoms with van der Waals surface area (Å²) in [5, 5.41) is 62.9. The van der Waals surface area contributed by atoms with Crippen LogP contribution in [0.25, 0.3) is 0 Å². The first kappa shape index (κ1) is 41.0. The highest BCUT2D eigenvalue weighted by Crippen LogP contribution is 2.49. The number of ketones is 5. The van der Waals surface area contributed by atoms with Gasteiger partial charge in [-0.3, -0.25) is 24.0 Å². The van der Waals surface area contributed by atoms with E-state index >= 15 is 0 Å². The molecule has 0 aliphatic heterocycles. The zero-order chi connectivity index (χ0) is 33.7. The molecule has 0 saturated carbocycles. The highest BCUT2D eigenvalue weighted by atomic mass is 31.2. The maximum Gasteiger partial charge on any atom is 0.466 e. The van der Waals surface area contributed by atoms with Gasteiger partial charge in [0.05, 0.1) is 38.4 Å². The lowest BCUT2D eigenvalue weighted by atomic mass is 9.52. The van der Waals surface area contributed by atoms with Gasteiger partial charge in [-0.15, -0.1) is 0 Å². The van der Waals surface area contributed by atoms with Crippen LogP contribution in [0, 0.1) is 10.8 Å². The average molecular weight is 623 g/mol. The zero-order valence-electron chi connectivity index (χ0n) is 22.4. The van der Waals surface area contributed by atoms with Gasteiger partial charge in [0.2, 0.25) is 11.2 Å². The van der Waals surface area contributed by atoms with Gasteiger partial charge in [0.25, 0.3) is 0 Å². The summed E-state index contributed by atoms with van der Waals surface area (Å²) >= 11 is 0. The molecule has 0 aromatic rings. The van der Waals surface area contributed by atoms with Gasteiger partial charge >= 0.3 is 7.82 Å². The zero-order valence-corrected chi connectivity index (χ0v) is 23.3. The second-order valence-corrected chi connectivity index (χ2v) is 9.64. The quantitative estimate of drug-likeness (QED) is 0.0363. The highest BCUT2D eigenvalue weighted by Gasteiger charge is 2.76. The molecule has 0 radical (unpaired) electrons. The van der Waals surface area contributed by atoms with Crippen molar-refractivity contribution in [2.75, 3.05) is 33.0 Å². The van der Waals surface area contributed by atoms with Crippen molar-refractivity contribution in [3.8, 4) is 0 Å². The molecule has 17 heteroatoms. The number of rotatable bonds is 20. The van der Waals surface area contributed by atoms with Gasteiger partial charge in [0.1, 0.15) is 11.5 Å². The third-order valence-electron chi connectivity index (χ3n) is 6.18. The number of aliphatic hydroxyl groups excluding tert-OH is 4. The van der Waals surface area contributed by atoms with Crippen LogP contribution in [0.5, 0.6) is 0 Å². The van der Waals surface area contributed by atoms with Crippen LogP contribution >= 0.6 is 7.82 Å². The van der Waals surface area contributed by atoms with Gasteiger partial charge in [0.15, 0.2) is 28.9 Å². The molecule has 0 aliphatic carbocycles. The highest BCUT2D eigenvalue weighted by molar-refractivity contribution is 7.45. The third-order valence-corrected chi connectivity index (χ3v) is 6.18. The molecule has 236 valence electrons. The number of carbonyl (C=O) groups is 5.